The SMILES string of the molecule is O=C(Cc1cccc(Cl)c1)NCC1CNC1. The van der Waals surface area contributed by atoms with Crippen molar-refractivity contribution in [3.8, 4) is 0 Å². The fraction of sp³-hybridized carbons (Fsp3) is 0.417. The van der Waals surface area contributed by atoms with E-state index >= 15 is 0 Å². The number of rotatable bonds is 4. The lowest BCUT2D eigenvalue weighted by molar-refractivity contribution is -0.120. The number of hydrogen-bond donors (Lipinski definition) is 2. The van der Waals surface area contributed by atoms with Crippen LogP contribution in [0.5, 0.6) is 0 Å². The van der Waals surface area contributed by atoms with Crippen molar-refractivity contribution in [2.24, 2.45) is 5.92 Å². The number of carbonyl (C=O) groups excluding carboxylic acids is 1. The highest BCUT2D eigenvalue weighted by molar-refractivity contribution is 6.30. The molecule has 1 aromatic rings. The maximum atomic E-state index is 11.6. The third-order valence-corrected chi connectivity index (χ3v) is 2.94. The summed E-state index contributed by atoms with van der Waals surface area (Å²) >= 11 is 5.85. The third-order valence-electron chi connectivity index (χ3n) is 2.71. The minimum atomic E-state index is 0.0640. The molecule has 0 radical (unpaired) electrons. The van der Waals surface area contributed by atoms with Gasteiger partial charge < -0.3 is 10.6 Å². The van der Waals surface area contributed by atoms with Crippen molar-refractivity contribution in [1.29, 1.82) is 0 Å². The van der Waals surface area contributed by atoms with Gasteiger partial charge in [-0.15, -0.1) is 0 Å². The van der Waals surface area contributed by atoms with Crippen molar-refractivity contribution in [2.45, 2.75) is 6.42 Å². The van der Waals surface area contributed by atoms with Crippen molar-refractivity contribution in [3.05, 3.63) is 34.9 Å². The lowest BCUT2D eigenvalue weighted by Crippen LogP contribution is -2.48. The Morgan fingerprint density at radius 3 is 2.94 bits per heavy atom. The maximum Gasteiger partial charge on any atom is 0.224 e. The molecule has 1 heterocycles. The predicted molar refractivity (Wildman–Crippen MR) is 64.5 cm³/mol. The predicted octanol–water partition coefficient (Wildman–Crippen LogP) is 1.22. The van der Waals surface area contributed by atoms with Crippen LogP contribution in [0.25, 0.3) is 0 Å². The summed E-state index contributed by atoms with van der Waals surface area (Å²) in [5, 5.41) is 6.78. The first-order valence-corrected chi connectivity index (χ1v) is 5.83. The maximum absolute atomic E-state index is 11.6. The summed E-state index contributed by atoms with van der Waals surface area (Å²) in [6.07, 6.45) is 0.403. The first kappa shape index (κ1) is 11.4. The molecule has 0 bridgehead atoms. The van der Waals surface area contributed by atoms with Crippen LogP contribution in [-0.4, -0.2) is 25.5 Å². The van der Waals surface area contributed by atoms with E-state index in [9.17, 15) is 4.79 Å². The molecule has 3 nitrogen and oxygen atoms in total. The van der Waals surface area contributed by atoms with Gasteiger partial charge in [-0.1, -0.05) is 23.7 Å². The smallest absolute Gasteiger partial charge is 0.224 e. The summed E-state index contributed by atoms with van der Waals surface area (Å²) in [5.74, 6) is 0.664. The van der Waals surface area contributed by atoms with Gasteiger partial charge in [-0.25, -0.2) is 0 Å². The molecule has 4 heteroatoms. The van der Waals surface area contributed by atoms with Crippen molar-refractivity contribution >= 4 is 17.5 Å². The molecule has 1 aliphatic rings. The molecule has 1 saturated heterocycles. The van der Waals surface area contributed by atoms with Crippen LogP contribution in [0.1, 0.15) is 5.56 Å². The van der Waals surface area contributed by atoms with Gasteiger partial charge in [0.05, 0.1) is 6.42 Å². The van der Waals surface area contributed by atoms with Crippen molar-refractivity contribution in [3.63, 3.8) is 0 Å². The number of carbonyl (C=O) groups is 1. The second-order valence-corrected chi connectivity index (χ2v) is 4.57. The van der Waals surface area contributed by atoms with Crippen LogP contribution in [-0.2, 0) is 11.2 Å². The largest absolute Gasteiger partial charge is 0.355 e. The van der Waals surface area contributed by atoms with Crippen molar-refractivity contribution in [1.82, 2.24) is 10.6 Å². The quantitative estimate of drug-likeness (QED) is 0.828. The minimum absolute atomic E-state index is 0.0640. The molecule has 1 amide bonds. The molecule has 0 atom stereocenters. The van der Waals surface area contributed by atoms with Crippen LogP contribution in [0, 0.1) is 5.92 Å². The Morgan fingerprint density at radius 1 is 1.50 bits per heavy atom. The zero-order chi connectivity index (χ0) is 11.4. The molecule has 2 rings (SSSR count). The van der Waals surface area contributed by atoms with Crippen LogP contribution in [0.4, 0.5) is 0 Å². The van der Waals surface area contributed by atoms with Gasteiger partial charge in [0.15, 0.2) is 0 Å². The van der Waals surface area contributed by atoms with Gasteiger partial charge in [0.1, 0.15) is 0 Å². The first-order chi connectivity index (χ1) is 7.74. The summed E-state index contributed by atoms with van der Waals surface area (Å²) < 4.78 is 0. The molecule has 1 aromatic carbocycles. The highest BCUT2D eigenvalue weighted by Crippen LogP contribution is 2.11. The fourth-order valence-corrected chi connectivity index (χ4v) is 1.86. The van der Waals surface area contributed by atoms with Gasteiger partial charge in [0.2, 0.25) is 5.91 Å². The molecule has 0 aliphatic carbocycles. The average Bonchev–Trinajstić information content (AvgIpc) is 2.15. The second kappa shape index (κ2) is 5.32. The highest BCUT2D eigenvalue weighted by atomic mass is 35.5. The molecule has 0 saturated carbocycles. The average molecular weight is 239 g/mol. The van der Waals surface area contributed by atoms with Crippen molar-refractivity contribution < 1.29 is 4.79 Å². The van der Waals surface area contributed by atoms with E-state index in [1.165, 1.54) is 0 Å². The van der Waals surface area contributed by atoms with Crippen LogP contribution >= 0.6 is 11.6 Å². The summed E-state index contributed by atoms with van der Waals surface area (Å²) in [7, 11) is 0. The van der Waals surface area contributed by atoms with E-state index in [4.69, 9.17) is 11.6 Å². The molecule has 0 spiro atoms. The summed E-state index contributed by atoms with van der Waals surface area (Å²) in [6.45, 7) is 2.79. The number of halogens is 1. The number of amides is 1. The molecule has 2 N–H and O–H groups in total. The van der Waals surface area contributed by atoms with Crippen LogP contribution in [0.15, 0.2) is 24.3 Å². The van der Waals surface area contributed by atoms with Gasteiger partial charge in [0.25, 0.3) is 0 Å². The highest BCUT2D eigenvalue weighted by Gasteiger charge is 2.16. The first-order valence-electron chi connectivity index (χ1n) is 5.46. The van der Waals surface area contributed by atoms with E-state index in [1.807, 2.05) is 24.3 Å². The molecular formula is C12H15ClN2O. The van der Waals surface area contributed by atoms with Gasteiger partial charge in [0, 0.05) is 30.6 Å². The Bertz CT molecular complexity index is 377. The third kappa shape index (κ3) is 3.22. The van der Waals surface area contributed by atoms with E-state index in [2.05, 4.69) is 10.6 Å². The van der Waals surface area contributed by atoms with Crippen LogP contribution in [0.3, 0.4) is 0 Å². The Kier molecular flexibility index (Phi) is 3.80. The Hall–Kier alpha value is -1.06. The zero-order valence-electron chi connectivity index (χ0n) is 9.00. The van der Waals surface area contributed by atoms with Gasteiger partial charge >= 0.3 is 0 Å². The van der Waals surface area contributed by atoms with E-state index < -0.39 is 0 Å². The van der Waals surface area contributed by atoms with Crippen LogP contribution in [0.2, 0.25) is 5.02 Å². The number of nitrogens with one attached hydrogen (secondary N) is 2. The second-order valence-electron chi connectivity index (χ2n) is 4.14. The van der Waals surface area contributed by atoms with E-state index in [0.29, 0.717) is 17.4 Å². The molecule has 1 aliphatic heterocycles. The Morgan fingerprint density at radius 2 is 2.31 bits per heavy atom. The molecule has 0 unspecified atom stereocenters. The minimum Gasteiger partial charge on any atom is -0.355 e. The van der Waals surface area contributed by atoms with Gasteiger partial charge in [-0.3, -0.25) is 4.79 Å². The van der Waals surface area contributed by atoms with Gasteiger partial charge in [-0.2, -0.15) is 0 Å². The monoisotopic (exact) mass is 238 g/mol. The fourth-order valence-electron chi connectivity index (χ4n) is 1.65. The standard InChI is InChI=1S/C12H15ClN2O/c13-11-3-1-2-9(4-11)5-12(16)15-8-10-6-14-7-10/h1-4,10,14H,5-8H2,(H,15,16). The van der Waals surface area contributed by atoms with E-state index in [-0.39, 0.29) is 5.91 Å². The van der Waals surface area contributed by atoms with Crippen LogP contribution < -0.4 is 10.6 Å². The molecule has 1 fully saturated rings. The van der Waals surface area contributed by atoms with Crippen molar-refractivity contribution in [2.75, 3.05) is 19.6 Å². The lowest BCUT2D eigenvalue weighted by Gasteiger charge is -2.27. The molecule has 16 heavy (non-hydrogen) atoms. The lowest BCUT2D eigenvalue weighted by atomic mass is 10.0. The summed E-state index contributed by atoms with van der Waals surface area (Å²) in [5.41, 5.74) is 0.955. The normalized spacial score (nSPS) is 15.6. The molecule has 0 aromatic heterocycles. The molecular weight excluding hydrogens is 224 g/mol. The summed E-state index contributed by atoms with van der Waals surface area (Å²) in [4.78, 5) is 11.6. The summed E-state index contributed by atoms with van der Waals surface area (Å²) in [6, 6.07) is 7.41. The van der Waals surface area contributed by atoms with Gasteiger partial charge in [-0.05, 0) is 17.7 Å². The number of benzene rings is 1. The van der Waals surface area contributed by atoms with E-state index in [0.717, 1.165) is 25.2 Å². The van der Waals surface area contributed by atoms with E-state index in [1.54, 1.807) is 0 Å². The topological polar surface area (TPSA) is 41.1 Å². The number of hydrogen-bond acceptors (Lipinski definition) is 2. The Balaban J connectivity index is 1.77. The zero-order valence-corrected chi connectivity index (χ0v) is 9.76. The molecule has 86 valence electrons. The Labute approximate surface area is 100 Å².